The molecule has 0 aliphatic heterocycles. The number of nitrogens with one attached hydrogen (secondary N) is 2. The van der Waals surface area contributed by atoms with E-state index in [2.05, 4.69) is 10.6 Å². The smallest absolute Gasteiger partial charge is 0.253 e. The third-order valence-corrected chi connectivity index (χ3v) is 3.47. The lowest BCUT2D eigenvalue weighted by molar-refractivity contribution is -0.0270. The average molecular weight is 346 g/mol. The highest BCUT2D eigenvalue weighted by molar-refractivity contribution is 5.95. The van der Waals surface area contributed by atoms with Crippen LogP contribution in [0.25, 0.3) is 0 Å². The number of phenols is 2. The van der Waals surface area contributed by atoms with Gasteiger partial charge >= 0.3 is 0 Å². The van der Waals surface area contributed by atoms with Crippen molar-refractivity contribution in [3.63, 3.8) is 0 Å². The molecule has 0 spiro atoms. The number of likely N-dealkylation sites (N-methyl/N-ethyl adjacent to an activating group) is 1. The fourth-order valence-corrected chi connectivity index (χ4v) is 2.13. The summed E-state index contributed by atoms with van der Waals surface area (Å²) in [5, 5.41) is 35.0. The summed E-state index contributed by atoms with van der Waals surface area (Å²) in [4.78, 5) is 12.4. The van der Waals surface area contributed by atoms with Crippen molar-refractivity contribution in [2.75, 3.05) is 19.7 Å². The van der Waals surface area contributed by atoms with Crippen molar-refractivity contribution < 1.29 is 24.9 Å². The Morgan fingerprint density at radius 1 is 1.12 bits per heavy atom. The number of phenolic OH excluding ortho intramolecular Hbond substituents is 2. The highest BCUT2D eigenvalue weighted by atomic mass is 16.5. The van der Waals surface area contributed by atoms with Gasteiger partial charge in [-0.1, -0.05) is 25.1 Å². The first-order valence-corrected chi connectivity index (χ1v) is 7.89. The number of hydrogen-bond acceptors (Lipinski definition) is 6. The minimum atomic E-state index is -1.66. The topological polar surface area (TPSA) is 111 Å². The van der Waals surface area contributed by atoms with Crippen LogP contribution in [0.3, 0.4) is 0 Å². The zero-order valence-corrected chi connectivity index (χ0v) is 13.9. The van der Waals surface area contributed by atoms with E-state index in [-0.39, 0.29) is 24.5 Å². The summed E-state index contributed by atoms with van der Waals surface area (Å²) >= 11 is 0. The molecule has 2 aromatic rings. The lowest BCUT2D eigenvalue weighted by Gasteiger charge is -2.29. The maximum atomic E-state index is 12.4. The molecule has 1 unspecified atom stereocenters. The van der Waals surface area contributed by atoms with Crippen LogP contribution >= 0.6 is 0 Å². The summed E-state index contributed by atoms with van der Waals surface area (Å²) < 4.78 is 5.55. The van der Waals surface area contributed by atoms with E-state index >= 15 is 0 Å². The van der Waals surface area contributed by atoms with Crippen LogP contribution in [0, 0.1) is 0 Å². The zero-order valence-electron chi connectivity index (χ0n) is 13.9. The van der Waals surface area contributed by atoms with Crippen LogP contribution in [0.1, 0.15) is 17.3 Å². The number of carbonyl (C=O) groups excluding carboxylic acids is 1. The fourth-order valence-electron chi connectivity index (χ4n) is 2.13. The minimum Gasteiger partial charge on any atom is -0.504 e. The Kier molecular flexibility index (Phi) is 6.21. The maximum Gasteiger partial charge on any atom is 0.253 e. The second-order valence-electron chi connectivity index (χ2n) is 5.57. The lowest BCUT2D eigenvalue weighted by Crippen LogP contribution is -2.58. The first-order chi connectivity index (χ1) is 11.9. The van der Waals surface area contributed by atoms with E-state index in [1.807, 2.05) is 13.0 Å². The Balaban J connectivity index is 2.09. The van der Waals surface area contributed by atoms with Crippen LogP contribution in [-0.4, -0.2) is 46.6 Å². The van der Waals surface area contributed by atoms with Crippen LogP contribution in [0.4, 0.5) is 0 Å². The van der Waals surface area contributed by atoms with Crippen LogP contribution in [0.15, 0.2) is 48.5 Å². The number of hydrogen-bond donors (Lipinski definition) is 5. The van der Waals surface area contributed by atoms with E-state index in [9.17, 15) is 20.1 Å². The van der Waals surface area contributed by atoms with E-state index in [4.69, 9.17) is 4.74 Å². The van der Waals surface area contributed by atoms with E-state index in [1.54, 1.807) is 24.3 Å². The third-order valence-electron chi connectivity index (χ3n) is 3.47. The predicted molar refractivity (Wildman–Crippen MR) is 92.7 cm³/mol. The Morgan fingerprint density at radius 2 is 1.84 bits per heavy atom. The molecule has 0 heterocycles. The summed E-state index contributed by atoms with van der Waals surface area (Å²) in [6, 6.07) is 12.6. The number of rotatable bonds is 8. The SMILES string of the molecule is CCNCC(O)(COc1ccccc1)NC(=O)c1ccc(O)c(O)c1. The van der Waals surface area contributed by atoms with Crippen molar-refractivity contribution in [1.29, 1.82) is 0 Å². The number of aliphatic hydroxyl groups is 1. The molecular formula is C18H22N2O5. The average Bonchev–Trinajstić information content (AvgIpc) is 2.61. The van der Waals surface area contributed by atoms with Gasteiger partial charge in [0.25, 0.3) is 5.91 Å². The summed E-state index contributed by atoms with van der Waals surface area (Å²) in [6.07, 6.45) is 0. The molecule has 134 valence electrons. The molecule has 0 aliphatic carbocycles. The van der Waals surface area contributed by atoms with Crippen LogP contribution in [0.2, 0.25) is 0 Å². The number of amides is 1. The molecule has 25 heavy (non-hydrogen) atoms. The van der Waals surface area contributed by atoms with Gasteiger partial charge in [0.05, 0.1) is 0 Å². The number of aromatic hydroxyl groups is 2. The van der Waals surface area contributed by atoms with Gasteiger partial charge in [-0.25, -0.2) is 0 Å². The molecule has 1 amide bonds. The number of ether oxygens (including phenoxy) is 1. The van der Waals surface area contributed by atoms with Gasteiger partial charge in [0.2, 0.25) is 0 Å². The van der Waals surface area contributed by atoms with Crippen LogP contribution in [0.5, 0.6) is 17.2 Å². The van der Waals surface area contributed by atoms with Gasteiger partial charge in [-0.15, -0.1) is 0 Å². The fraction of sp³-hybridized carbons (Fsp3) is 0.278. The molecule has 5 N–H and O–H groups in total. The first-order valence-electron chi connectivity index (χ1n) is 7.89. The van der Waals surface area contributed by atoms with Crippen LogP contribution in [-0.2, 0) is 0 Å². The van der Waals surface area contributed by atoms with Gasteiger partial charge < -0.3 is 30.7 Å². The largest absolute Gasteiger partial charge is 0.504 e. The molecular weight excluding hydrogens is 324 g/mol. The third kappa shape index (κ3) is 5.37. The number of carbonyl (C=O) groups is 1. The maximum absolute atomic E-state index is 12.4. The van der Waals surface area contributed by atoms with E-state index in [0.717, 1.165) is 6.07 Å². The summed E-state index contributed by atoms with van der Waals surface area (Å²) in [6.45, 7) is 2.38. The lowest BCUT2D eigenvalue weighted by atomic mass is 10.1. The number of para-hydroxylation sites is 1. The van der Waals surface area contributed by atoms with E-state index < -0.39 is 17.4 Å². The zero-order chi connectivity index (χ0) is 18.3. The van der Waals surface area contributed by atoms with Crippen molar-refractivity contribution in [2.24, 2.45) is 0 Å². The Bertz CT molecular complexity index is 708. The quantitative estimate of drug-likeness (QED) is 0.363. The van der Waals surface area contributed by atoms with Crippen LogP contribution < -0.4 is 15.4 Å². The molecule has 1 atom stereocenters. The van der Waals surface area contributed by atoms with Crippen molar-refractivity contribution >= 4 is 5.91 Å². The Morgan fingerprint density at radius 3 is 2.48 bits per heavy atom. The highest BCUT2D eigenvalue weighted by Gasteiger charge is 2.30. The molecule has 0 saturated heterocycles. The van der Waals surface area contributed by atoms with Gasteiger partial charge in [0.15, 0.2) is 17.2 Å². The van der Waals surface area contributed by atoms with Gasteiger partial charge in [-0.2, -0.15) is 0 Å². The van der Waals surface area contributed by atoms with E-state index in [1.165, 1.54) is 12.1 Å². The summed E-state index contributed by atoms with van der Waals surface area (Å²) in [5.41, 5.74) is -1.55. The molecule has 2 aromatic carbocycles. The molecule has 0 aliphatic rings. The first kappa shape index (κ1) is 18.6. The molecule has 0 aromatic heterocycles. The molecule has 0 radical (unpaired) electrons. The van der Waals surface area contributed by atoms with Crippen molar-refractivity contribution in [1.82, 2.24) is 10.6 Å². The van der Waals surface area contributed by atoms with E-state index in [0.29, 0.717) is 12.3 Å². The second-order valence-corrected chi connectivity index (χ2v) is 5.57. The Hall–Kier alpha value is -2.77. The van der Waals surface area contributed by atoms with Gasteiger partial charge in [0, 0.05) is 12.1 Å². The minimum absolute atomic E-state index is 0.0755. The molecule has 2 rings (SSSR count). The van der Waals surface area contributed by atoms with Gasteiger partial charge in [-0.05, 0) is 36.9 Å². The van der Waals surface area contributed by atoms with Crippen molar-refractivity contribution in [3.8, 4) is 17.2 Å². The molecule has 7 nitrogen and oxygen atoms in total. The summed E-state index contributed by atoms with van der Waals surface area (Å²) in [5.74, 6) is -0.781. The van der Waals surface area contributed by atoms with Gasteiger partial charge in [-0.3, -0.25) is 4.79 Å². The molecule has 7 heteroatoms. The van der Waals surface area contributed by atoms with Crippen molar-refractivity contribution in [2.45, 2.75) is 12.6 Å². The standard InChI is InChI=1S/C18H22N2O5/c1-2-19-11-18(24,12-25-14-6-4-3-5-7-14)20-17(23)13-8-9-15(21)16(22)10-13/h3-10,19,21-22,24H,2,11-12H2,1H3,(H,20,23). The number of benzene rings is 2. The highest BCUT2D eigenvalue weighted by Crippen LogP contribution is 2.25. The summed E-state index contributed by atoms with van der Waals surface area (Å²) in [7, 11) is 0. The normalized spacial score (nSPS) is 13.0. The molecule has 0 saturated carbocycles. The van der Waals surface area contributed by atoms with Gasteiger partial charge in [0.1, 0.15) is 12.4 Å². The monoisotopic (exact) mass is 346 g/mol. The van der Waals surface area contributed by atoms with Crippen molar-refractivity contribution in [3.05, 3.63) is 54.1 Å². The second kappa shape index (κ2) is 8.36. The molecule has 0 fully saturated rings. The Labute approximate surface area is 145 Å². The predicted octanol–water partition coefficient (Wildman–Crippen LogP) is 1.20. The molecule has 0 bridgehead atoms.